The predicted molar refractivity (Wildman–Crippen MR) is 151 cm³/mol. The number of nitrogens with one attached hydrogen (secondary N) is 2. The Morgan fingerprint density at radius 3 is 1.51 bits per heavy atom. The molecule has 0 aliphatic heterocycles. The second-order valence-corrected chi connectivity index (χ2v) is 10.1. The number of nitrogens with zero attached hydrogens (tertiary/aromatic N) is 4. The lowest BCUT2D eigenvalue weighted by Crippen LogP contribution is -2.41. The van der Waals surface area contributed by atoms with Crippen LogP contribution in [0.15, 0.2) is 46.2 Å². The van der Waals surface area contributed by atoms with E-state index in [9.17, 15) is 28.0 Å². The lowest BCUT2D eigenvalue weighted by molar-refractivity contribution is -0.144. The molecular weight excluding hydrogens is 574 g/mol. The normalized spacial score (nSPS) is 11.4. The second-order valence-electron chi connectivity index (χ2n) is 10.1. The highest BCUT2D eigenvalue weighted by molar-refractivity contribution is 5.83. The van der Waals surface area contributed by atoms with Gasteiger partial charge in [-0.1, -0.05) is 0 Å². The maximum absolute atomic E-state index is 14.2. The number of carboxylic acids is 1. The molecule has 4 rings (SSSR count). The van der Waals surface area contributed by atoms with Crippen molar-refractivity contribution in [2.24, 2.45) is 0 Å². The van der Waals surface area contributed by atoms with Gasteiger partial charge in [0.1, 0.15) is 11.1 Å². The summed E-state index contributed by atoms with van der Waals surface area (Å²) >= 11 is 0. The standard InChI is InChI=1S/C14H16FN3O4.C13H14FN3O4/c1-14(2,13(20)22-4)17-8-5-9(15)12-16-10(21-3)6-11(19)18(12)7-8;1-13(2,12(19)20)16-7-4-8(14)11-15-9(21-3)5-10(18)17(11)6-7/h5-7,17H,1-4H3;4-6,16H,1-3H3,(H,19,20). The zero-order chi connectivity index (χ0) is 32.3. The van der Waals surface area contributed by atoms with Crippen LogP contribution in [0.2, 0.25) is 0 Å². The van der Waals surface area contributed by atoms with Crippen LogP contribution in [-0.4, -0.2) is 68.2 Å². The summed E-state index contributed by atoms with van der Waals surface area (Å²) in [6, 6.07) is 4.47. The number of hydrogen-bond acceptors (Lipinski definition) is 11. The first-order chi connectivity index (χ1) is 20.0. The monoisotopic (exact) mass is 604 g/mol. The molecule has 0 aromatic carbocycles. The fourth-order valence-corrected chi connectivity index (χ4v) is 3.71. The van der Waals surface area contributed by atoms with Gasteiger partial charge in [-0.3, -0.25) is 18.4 Å². The van der Waals surface area contributed by atoms with Crippen LogP contribution in [0.4, 0.5) is 20.2 Å². The predicted octanol–water partition coefficient (Wildman–Crippen LogP) is 2.32. The van der Waals surface area contributed by atoms with Gasteiger partial charge in [0.25, 0.3) is 11.1 Å². The van der Waals surface area contributed by atoms with Crippen LogP contribution < -0.4 is 31.2 Å². The number of carbonyl (C=O) groups excluding carboxylic acids is 1. The third-order valence-corrected chi connectivity index (χ3v) is 5.95. The summed E-state index contributed by atoms with van der Waals surface area (Å²) in [5, 5.41) is 14.5. The van der Waals surface area contributed by atoms with Crippen molar-refractivity contribution in [1.82, 2.24) is 18.8 Å². The van der Waals surface area contributed by atoms with E-state index in [1.54, 1.807) is 13.8 Å². The van der Waals surface area contributed by atoms with Gasteiger partial charge in [-0.25, -0.2) is 18.4 Å². The molecule has 4 aromatic heterocycles. The van der Waals surface area contributed by atoms with E-state index in [4.69, 9.17) is 14.6 Å². The summed E-state index contributed by atoms with van der Waals surface area (Å²) in [6.07, 6.45) is 2.65. The number of methoxy groups -OCH3 is 3. The number of pyridine rings is 2. The van der Waals surface area contributed by atoms with Gasteiger partial charge in [-0.15, -0.1) is 0 Å². The minimum absolute atomic E-state index is 0.00507. The largest absolute Gasteiger partial charge is 0.481 e. The maximum Gasteiger partial charge on any atom is 0.330 e. The molecule has 0 saturated carbocycles. The molecule has 0 amide bonds. The second kappa shape index (κ2) is 12.3. The number of rotatable bonds is 8. The highest BCUT2D eigenvalue weighted by Crippen LogP contribution is 2.21. The third-order valence-electron chi connectivity index (χ3n) is 5.95. The van der Waals surface area contributed by atoms with Gasteiger partial charge in [0, 0.05) is 24.5 Å². The molecule has 0 aliphatic rings. The third kappa shape index (κ3) is 7.14. The molecule has 0 spiro atoms. The quantitative estimate of drug-likeness (QED) is 0.251. The molecule has 0 aliphatic carbocycles. The average Bonchev–Trinajstić information content (AvgIpc) is 2.93. The molecule has 0 bridgehead atoms. The molecule has 230 valence electrons. The molecular formula is C27H30F2N6O8. The van der Waals surface area contributed by atoms with Crippen molar-refractivity contribution in [1.29, 1.82) is 0 Å². The van der Waals surface area contributed by atoms with Gasteiger partial charge in [0.05, 0.1) is 44.8 Å². The number of halogens is 2. The number of aliphatic carboxylic acids is 1. The topological polar surface area (TPSA) is 175 Å². The van der Waals surface area contributed by atoms with Crippen molar-refractivity contribution in [3.8, 4) is 11.8 Å². The van der Waals surface area contributed by atoms with Crippen molar-refractivity contribution in [2.45, 2.75) is 38.8 Å². The SMILES string of the molecule is COC(=O)C(C)(C)Nc1cc(F)c2nc(OC)cc(=O)n2c1.COc1cc(=O)n2cc(NC(C)(C)C(=O)O)cc(F)c2n1. The van der Waals surface area contributed by atoms with Crippen LogP contribution in [0, 0.1) is 11.6 Å². The van der Waals surface area contributed by atoms with Crippen molar-refractivity contribution in [3.63, 3.8) is 0 Å². The molecule has 0 fully saturated rings. The lowest BCUT2D eigenvalue weighted by Gasteiger charge is -2.24. The average molecular weight is 605 g/mol. The first kappa shape index (κ1) is 32.2. The Morgan fingerprint density at radius 2 is 1.16 bits per heavy atom. The first-order valence-corrected chi connectivity index (χ1v) is 12.4. The molecule has 0 saturated heterocycles. The van der Waals surface area contributed by atoms with E-state index in [0.717, 1.165) is 33.1 Å². The number of carbonyl (C=O) groups is 2. The molecule has 4 heterocycles. The van der Waals surface area contributed by atoms with Gasteiger partial charge >= 0.3 is 11.9 Å². The number of anilines is 2. The molecule has 0 radical (unpaired) electrons. The molecule has 14 nitrogen and oxygen atoms in total. The van der Waals surface area contributed by atoms with E-state index in [1.165, 1.54) is 47.6 Å². The summed E-state index contributed by atoms with van der Waals surface area (Å²) in [4.78, 5) is 54.3. The Bertz CT molecular complexity index is 1820. The van der Waals surface area contributed by atoms with Crippen molar-refractivity contribution < 1.29 is 37.7 Å². The van der Waals surface area contributed by atoms with Crippen LogP contribution in [0.1, 0.15) is 27.7 Å². The van der Waals surface area contributed by atoms with E-state index in [2.05, 4.69) is 25.3 Å². The summed E-state index contributed by atoms with van der Waals surface area (Å²) in [5.74, 6) is -3.08. The summed E-state index contributed by atoms with van der Waals surface area (Å²) in [7, 11) is 3.92. The fraction of sp³-hybridized carbons (Fsp3) is 0.333. The van der Waals surface area contributed by atoms with E-state index in [-0.39, 0.29) is 34.4 Å². The highest BCUT2D eigenvalue weighted by atomic mass is 19.1. The Hall–Kier alpha value is -5.28. The molecule has 0 atom stereocenters. The van der Waals surface area contributed by atoms with Crippen molar-refractivity contribution in [3.05, 3.63) is 69.0 Å². The van der Waals surface area contributed by atoms with Crippen LogP contribution in [-0.2, 0) is 14.3 Å². The van der Waals surface area contributed by atoms with Gasteiger partial charge in [0.15, 0.2) is 22.9 Å². The lowest BCUT2D eigenvalue weighted by atomic mass is 10.1. The van der Waals surface area contributed by atoms with E-state index < -0.39 is 45.8 Å². The first-order valence-electron chi connectivity index (χ1n) is 12.4. The Balaban J connectivity index is 0.000000236. The van der Waals surface area contributed by atoms with Crippen LogP contribution in [0.5, 0.6) is 11.8 Å². The van der Waals surface area contributed by atoms with Crippen LogP contribution in [0.25, 0.3) is 11.3 Å². The zero-order valence-electron chi connectivity index (χ0n) is 24.3. The minimum Gasteiger partial charge on any atom is -0.481 e. The van der Waals surface area contributed by atoms with Crippen LogP contribution in [0.3, 0.4) is 0 Å². The number of aromatic nitrogens is 4. The summed E-state index contributed by atoms with van der Waals surface area (Å²) < 4.78 is 44.6. The van der Waals surface area contributed by atoms with Gasteiger partial charge < -0.3 is 30.0 Å². The summed E-state index contributed by atoms with van der Waals surface area (Å²) in [6.45, 7) is 6.00. The van der Waals surface area contributed by atoms with Gasteiger partial charge in [-0.05, 0) is 27.7 Å². The molecule has 0 unspecified atom stereocenters. The fourth-order valence-electron chi connectivity index (χ4n) is 3.71. The molecule has 4 aromatic rings. The Morgan fingerprint density at radius 1 is 0.767 bits per heavy atom. The highest BCUT2D eigenvalue weighted by Gasteiger charge is 2.29. The zero-order valence-corrected chi connectivity index (χ0v) is 24.3. The number of fused-ring (bicyclic) bond motifs is 2. The van der Waals surface area contributed by atoms with Crippen molar-refractivity contribution >= 4 is 34.6 Å². The van der Waals surface area contributed by atoms with Gasteiger partial charge in [-0.2, -0.15) is 9.97 Å². The Labute approximate surface area is 242 Å². The molecule has 3 N–H and O–H groups in total. The minimum atomic E-state index is -1.32. The summed E-state index contributed by atoms with van der Waals surface area (Å²) in [5.41, 5.74) is -3.39. The smallest absolute Gasteiger partial charge is 0.330 e. The van der Waals surface area contributed by atoms with E-state index in [1.807, 2.05) is 0 Å². The Kier molecular flexibility index (Phi) is 9.22. The van der Waals surface area contributed by atoms with E-state index in [0.29, 0.717) is 0 Å². The number of ether oxygens (including phenoxy) is 3. The molecule has 16 heteroatoms. The van der Waals surface area contributed by atoms with Crippen LogP contribution >= 0.6 is 0 Å². The maximum atomic E-state index is 14.2. The van der Waals surface area contributed by atoms with Gasteiger partial charge in [0.2, 0.25) is 11.8 Å². The number of esters is 1. The molecule has 43 heavy (non-hydrogen) atoms. The number of hydrogen-bond donors (Lipinski definition) is 3. The van der Waals surface area contributed by atoms with Crippen molar-refractivity contribution in [2.75, 3.05) is 32.0 Å². The van der Waals surface area contributed by atoms with E-state index >= 15 is 0 Å². The number of carboxylic acid groups (broad SMARTS) is 1.